The van der Waals surface area contributed by atoms with Crippen molar-refractivity contribution in [2.24, 2.45) is 5.73 Å². The molecule has 1 aromatic rings. The van der Waals surface area contributed by atoms with E-state index in [1.807, 2.05) is 6.92 Å². The van der Waals surface area contributed by atoms with E-state index in [0.29, 0.717) is 18.8 Å². The zero-order valence-corrected chi connectivity index (χ0v) is 11.2. The van der Waals surface area contributed by atoms with Gasteiger partial charge in [-0.05, 0) is 19.1 Å². The molecule has 1 rings (SSSR count). The number of carbonyl (C=O) groups is 1. The average Bonchev–Trinajstić information content (AvgIpc) is 2.40. The van der Waals surface area contributed by atoms with Gasteiger partial charge < -0.3 is 21.1 Å². The van der Waals surface area contributed by atoms with Crippen molar-refractivity contribution in [1.29, 1.82) is 0 Å². The van der Waals surface area contributed by atoms with Gasteiger partial charge in [-0.1, -0.05) is 0 Å². The van der Waals surface area contributed by atoms with E-state index in [1.54, 1.807) is 6.07 Å². The number of nitrogens with one attached hydrogen (secondary N) is 2. The van der Waals surface area contributed by atoms with Crippen molar-refractivity contribution in [1.82, 2.24) is 5.32 Å². The number of rotatable bonds is 7. The lowest BCUT2D eigenvalue weighted by atomic mass is 10.1. The standard InChI is InChI=1S/C13H20FN3O2/c1-3-16-13(18)7-10(8-15)17-9-4-5-11(14)12(6-9)19-2/h4-6,10,17H,3,7-8,15H2,1-2H3,(H,16,18). The Morgan fingerprint density at radius 3 is 2.84 bits per heavy atom. The second-order valence-electron chi connectivity index (χ2n) is 4.08. The van der Waals surface area contributed by atoms with Gasteiger partial charge in [0.1, 0.15) is 0 Å². The molecule has 0 saturated carbocycles. The smallest absolute Gasteiger partial charge is 0.222 e. The Morgan fingerprint density at radius 1 is 1.53 bits per heavy atom. The van der Waals surface area contributed by atoms with Crippen LogP contribution in [0.4, 0.5) is 10.1 Å². The number of carbonyl (C=O) groups excluding carboxylic acids is 1. The van der Waals surface area contributed by atoms with Crippen LogP contribution in [-0.4, -0.2) is 32.1 Å². The van der Waals surface area contributed by atoms with Gasteiger partial charge in [0.2, 0.25) is 5.91 Å². The molecular formula is C13H20FN3O2. The molecule has 0 saturated heterocycles. The number of halogens is 1. The summed E-state index contributed by atoms with van der Waals surface area (Å²) >= 11 is 0. The summed E-state index contributed by atoms with van der Waals surface area (Å²) in [5.41, 5.74) is 6.28. The minimum absolute atomic E-state index is 0.0699. The number of hydrogen-bond acceptors (Lipinski definition) is 4. The maximum Gasteiger partial charge on any atom is 0.222 e. The van der Waals surface area contributed by atoms with E-state index < -0.39 is 5.82 Å². The zero-order valence-electron chi connectivity index (χ0n) is 11.2. The van der Waals surface area contributed by atoms with Crippen LogP contribution in [0.25, 0.3) is 0 Å². The number of anilines is 1. The second-order valence-corrected chi connectivity index (χ2v) is 4.08. The highest BCUT2D eigenvalue weighted by Crippen LogP contribution is 2.22. The number of benzene rings is 1. The lowest BCUT2D eigenvalue weighted by Gasteiger charge is -2.18. The first-order valence-corrected chi connectivity index (χ1v) is 6.17. The molecule has 19 heavy (non-hydrogen) atoms. The quantitative estimate of drug-likeness (QED) is 0.693. The predicted octanol–water partition coefficient (Wildman–Crippen LogP) is 1.10. The third-order valence-electron chi connectivity index (χ3n) is 2.61. The molecule has 106 valence electrons. The lowest BCUT2D eigenvalue weighted by Crippen LogP contribution is -2.35. The first kappa shape index (κ1) is 15.2. The van der Waals surface area contributed by atoms with Gasteiger partial charge in [0.25, 0.3) is 0 Å². The number of ether oxygens (including phenoxy) is 1. The highest BCUT2D eigenvalue weighted by Gasteiger charge is 2.12. The van der Waals surface area contributed by atoms with E-state index in [-0.39, 0.29) is 24.1 Å². The minimum Gasteiger partial charge on any atom is -0.494 e. The molecule has 0 fully saturated rings. The summed E-state index contributed by atoms with van der Waals surface area (Å²) in [5, 5.41) is 5.80. The highest BCUT2D eigenvalue weighted by atomic mass is 19.1. The Balaban J connectivity index is 2.67. The minimum atomic E-state index is -0.430. The van der Waals surface area contributed by atoms with Gasteiger partial charge in [-0.15, -0.1) is 0 Å². The summed E-state index contributed by atoms with van der Waals surface area (Å²) in [7, 11) is 1.40. The van der Waals surface area contributed by atoms with Gasteiger partial charge in [0.05, 0.1) is 7.11 Å². The number of amides is 1. The van der Waals surface area contributed by atoms with Crippen LogP contribution in [0.2, 0.25) is 0 Å². The van der Waals surface area contributed by atoms with Crippen LogP contribution < -0.4 is 21.1 Å². The van der Waals surface area contributed by atoms with E-state index in [2.05, 4.69) is 10.6 Å². The fraction of sp³-hybridized carbons (Fsp3) is 0.462. The fourth-order valence-electron chi connectivity index (χ4n) is 1.67. The average molecular weight is 269 g/mol. The van der Waals surface area contributed by atoms with Gasteiger partial charge in [-0.2, -0.15) is 0 Å². The summed E-state index contributed by atoms with van der Waals surface area (Å²) in [4.78, 5) is 11.5. The molecule has 1 amide bonds. The SMILES string of the molecule is CCNC(=O)CC(CN)Nc1ccc(F)c(OC)c1. The first-order chi connectivity index (χ1) is 9.10. The maximum atomic E-state index is 13.3. The van der Waals surface area contributed by atoms with Crippen molar-refractivity contribution >= 4 is 11.6 Å². The molecule has 0 spiro atoms. The molecule has 1 aromatic carbocycles. The molecule has 4 N–H and O–H groups in total. The van der Waals surface area contributed by atoms with Crippen LogP contribution in [0.5, 0.6) is 5.75 Å². The molecule has 0 aromatic heterocycles. The Bertz CT molecular complexity index is 426. The largest absolute Gasteiger partial charge is 0.494 e. The predicted molar refractivity (Wildman–Crippen MR) is 72.7 cm³/mol. The van der Waals surface area contributed by atoms with Gasteiger partial charge in [0, 0.05) is 37.3 Å². The molecular weight excluding hydrogens is 249 g/mol. The number of nitrogens with two attached hydrogens (primary N) is 1. The highest BCUT2D eigenvalue weighted by molar-refractivity contribution is 5.77. The molecule has 0 heterocycles. The maximum absolute atomic E-state index is 13.3. The Labute approximate surface area is 112 Å². The van der Waals surface area contributed by atoms with Crippen LogP contribution in [0.15, 0.2) is 18.2 Å². The second kappa shape index (κ2) is 7.58. The van der Waals surface area contributed by atoms with Crippen LogP contribution in [-0.2, 0) is 4.79 Å². The molecule has 0 aliphatic carbocycles. The van der Waals surface area contributed by atoms with E-state index in [0.717, 1.165) is 0 Å². The molecule has 1 unspecified atom stereocenters. The van der Waals surface area contributed by atoms with Crippen molar-refractivity contribution in [3.8, 4) is 5.75 Å². The van der Waals surface area contributed by atoms with Crippen LogP contribution in [0, 0.1) is 5.82 Å². The van der Waals surface area contributed by atoms with Gasteiger partial charge in [-0.3, -0.25) is 4.79 Å². The van der Waals surface area contributed by atoms with Crippen LogP contribution >= 0.6 is 0 Å². The molecule has 0 radical (unpaired) electrons. The van der Waals surface area contributed by atoms with Crippen molar-refractivity contribution in [3.05, 3.63) is 24.0 Å². The summed E-state index contributed by atoms with van der Waals surface area (Å²) in [6.07, 6.45) is 0.268. The van der Waals surface area contributed by atoms with Crippen molar-refractivity contribution in [3.63, 3.8) is 0 Å². The van der Waals surface area contributed by atoms with Crippen molar-refractivity contribution in [2.45, 2.75) is 19.4 Å². The summed E-state index contributed by atoms with van der Waals surface area (Å²) in [6, 6.07) is 4.22. The van der Waals surface area contributed by atoms with Crippen LogP contribution in [0.1, 0.15) is 13.3 Å². The Morgan fingerprint density at radius 2 is 2.26 bits per heavy atom. The van der Waals surface area contributed by atoms with Crippen molar-refractivity contribution in [2.75, 3.05) is 25.5 Å². The van der Waals surface area contributed by atoms with E-state index in [9.17, 15) is 9.18 Å². The fourth-order valence-corrected chi connectivity index (χ4v) is 1.67. The zero-order chi connectivity index (χ0) is 14.3. The van der Waals surface area contributed by atoms with Gasteiger partial charge >= 0.3 is 0 Å². The van der Waals surface area contributed by atoms with Gasteiger partial charge in [-0.25, -0.2) is 4.39 Å². The molecule has 1 atom stereocenters. The molecule has 5 nitrogen and oxygen atoms in total. The normalized spacial score (nSPS) is 11.8. The third-order valence-corrected chi connectivity index (χ3v) is 2.61. The Hall–Kier alpha value is -1.82. The number of methoxy groups -OCH3 is 1. The monoisotopic (exact) mass is 269 g/mol. The van der Waals surface area contributed by atoms with E-state index in [4.69, 9.17) is 10.5 Å². The summed E-state index contributed by atoms with van der Waals surface area (Å²) in [5.74, 6) is -0.348. The van der Waals surface area contributed by atoms with E-state index in [1.165, 1.54) is 19.2 Å². The molecule has 0 bridgehead atoms. The summed E-state index contributed by atoms with van der Waals surface area (Å²) < 4.78 is 18.2. The van der Waals surface area contributed by atoms with Crippen molar-refractivity contribution < 1.29 is 13.9 Å². The molecule has 0 aliphatic heterocycles. The summed E-state index contributed by atoms with van der Waals surface area (Å²) in [6.45, 7) is 2.74. The lowest BCUT2D eigenvalue weighted by molar-refractivity contribution is -0.121. The third kappa shape index (κ3) is 4.75. The van der Waals surface area contributed by atoms with Crippen LogP contribution in [0.3, 0.4) is 0 Å². The molecule has 0 aliphatic rings. The molecule has 6 heteroatoms. The number of hydrogen-bond donors (Lipinski definition) is 3. The van der Waals surface area contributed by atoms with Gasteiger partial charge in [0.15, 0.2) is 11.6 Å². The topological polar surface area (TPSA) is 76.4 Å². The van der Waals surface area contributed by atoms with E-state index >= 15 is 0 Å². The Kier molecular flexibility index (Phi) is 6.08. The first-order valence-electron chi connectivity index (χ1n) is 6.17.